The van der Waals surface area contributed by atoms with E-state index in [-0.39, 0.29) is 23.5 Å². The highest BCUT2D eigenvalue weighted by Gasteiger charge is 2.34. The molecule has 0 bridgehead atoms. The highest BCUT2D eigenvalue weighted by atomic mass is 35.5. The zero-order valence-corrected chi connectivity index (χ0v) is 18.8. The number of aromatic nitrogens is 2. The maximum absolute atomic E-state index is 13.5. The molecule has 2 aromatic carbocycles. The van der Waals surface area contributed by atoms with Gasteiger partial charge in [0.2, 0.25) is 0 Å². The SMILES string of the molecule is Cl.Cn1c2c(c3ccc(-n4cccc(-c5ccccc5C(F)(F)F)c4=O)cc31)CCNCC2. The number of hydrogen-bond acceptors (Lipinski definition) is 2. The van der Waals surface area contributed by atoms with Crippen molar-refractivity contribution in [2.75, 3.05) is 13.1 Å². The molecule has 1 aliphatic heterocycles. The van der Waals surface area contributed by atoms with Crippen LogP contribution in [0.15, 0.2) is 65.6 Å². The number of aryl methyl sites for hydroxylation is 1. The Morgan fingerprint density at radius 2 is 1.67 bits per heavy atom. The van der Waals surface area contributed by atoms with Gasteiger partial charge in [-0.15, -0.1) is 12.4 Å². The first-order valence-electron chi connectivity index (χ1n) is 10.6. The molecule has 1 N–H and O–H groups in total. The Bertz CT molecular complexity index is 1390. The molecule has 0 unspecified atom stereocenters. The highest BCUT2D eigenvalue weighted by Crippen LogP contribution is 2.36. The van der Waals surface area contributed by atoms with Gasteiger partial charge < -0.3 is 9.88 Å². The van der Waals surface area contributed by atoms with Crippen molar-refractivity contribution in [2.45, 2.75) is 19.0 Å². The highest BCUT2D eigenvalue weighted by molar-refractivity contribution is 5.87. The lowest BCUT2D eigenvalue weighted by Gasteiger charge is -2.14. The van der Waals surface area contributed by atoms with Crippen LogP contribution in [0.25, 0.3) is 27.7 Å². The minimum absolute atomic E-state index is 0. The second-order valence-electron chi connectivity index (χ2n) is 8.08. The smallest absolute Gasteiger partial charge is 0.347 e. The van der Waals surface area contributed by atoms with Crippen molar-refractivity contribution in [3.63, 3.8) is 0 Å². The summed E-state index contributed by atoms with van der Waals surface area (Å²) in [5, 5.41) is 4.57. The topological polar surface area (TPSA) is 39.0 Å². The van der Waals surface area contributed by atoms with E-state index in [9.17, 15) is 18.0 Å². The molecule has 4 aromatic rings. The molecule has 0 amide bonds. The number of benzene rings is 2. The van der Waals surface area contributed by atoms with Gasteiger partial charge in [-0.3, -0.25) is 9.36 Å². The van der Waals surface area contributed by atoms with Crippen LogP contribution in [0.2, 0.25) is 0 Å². The van der Waals surface area contributed by atoms with E-state index in [1.165, 1.54) is 40.1 Å². The summed E-state index contributed by atoms with van der Waals surface area (Å²) in [4.78, 5) is 13.3. The molecule has 2 aromatic heterocycles. The van der Waals surface area contributed by atoms with Crippen LogP contribution in [0.1, 0.15) is 16.8 Å². The fourth-order valence-corrected chi connectivity index (χ4v) is 4.72. The van der Waals surface area contributed by atoms with Crippen LogP contribution in [0.3, 0.4) is 0 Å². The van der Waals surface area contributed by atoms with Crippen molar-refractivity contribution in [3.05, 3.63) is 88.0 Å². The number of hydrogen-bond donors (Lipinski definition) is 1. The van der Waals surface area contributed by atoms with Crippen molar-refractivity contribution in [2.24, 2.45) is 7.05 Å². The van der Waals surface area contributed by atoms with E-state index in [0.717, 1.165) is 42.9 Å². The van der Waals surface area contributed by atoms with Crippen molar-refractivity contribution in [1.29, 1.82) is 0 Å². The van der Waals surface area contributed by atoms with Crippen LogP contribution in [0.4, 0.5) is 13.2 Å². The third kappa shape index (κ3) is 3.96. The van der Waals surface area contributed by atoms with Crippen LogP contribution in [0.5, 0.6) is 0 Å². The van der Waals surface area contributed by atoms with E-state index in [4.69, 9.17) is 0 Å². The number of fused-ring (bicyclic) bond motifs is 3. The Morgan fingerprint density at radius 3 is 2.45 bits per heavy atom. The summed E-state index contributed by atoms with van der Waals surface area (Å²) < 4.78 is 44.2. The quantitative estimate of drug-likeness (QED) is 0.438. The second kappa shape index (κ2) is 8.72. The first-order valence-corrected chi connectivity index (χ1v) is 10.6. The van der Waals surface area contributed by atoms with Gasteiger partial charge in [-0.1, -0.05) is 24.3 Å². The van der Waals surface area contributed by atoms with Gasteiger partial charge in [-0.2, -0.15) is 13.2 Å². The van der Waals surface area contributed by atoms with Gasteiger partial charge in [0, 0.05) is 42.9 Å². The number of nitrogens with one attached hydrogen (secondary N) is 1. The third-order valence-electron chi connectivity index (χ3n) is 6.26. The summed E-state index contributed by atoms with van der Waals surface area (Å²) in [5.41, 5.74) is 2.85. The average Bonchev–Trinajstić information content (AvgIpc) is 2.93. The molecule has 0 atom stereocenters. The first-order chi connectivity index (χ1) is 15.4. The van der Waals surface area contributed by atoms with E-state index in [1.54, 1.807) is 12.3 Å². The molecule has 1 aliphatic rings. The molecule has 0 spiro atoms. The van der Waals surface area contributed by atoms with Crippen molar-refractivity contribution >= 4 is 23.3 Å². The zero-order valence-electron chi connectivity index (χ0n) is 17.9. The Balaban J connectivity index is 0.00000259. The fraction of sp³-hybridized carbons (Fsp3) is 0.240. The monoisotopic (exact) mass is 473 g/mol. The van der Waals surface area contributed by atoms with Crippen molar-refractivity contribution < 1.29 is 13.2 Å². The number of pyridine rings is 1. The Kier molecular flexibility index (Phi) is 6.12. The second-order valence-corrected chi connectivity index (χ2v) is 8.08. The predicted octanol–water partition coefficient (Wildman–Crippen LogP) is 5.13. The maximum Gasteiger partial charge on any atom is 0.417 e. The number of alkyl halides is 3. The normalized spacial score (nSPS) is 13.9. The molecular formula is C25H23ClF3N3O. The van der Waals surface area contributed by atoms with E-state index in [2.05, 4.69) is 9.88 Å². The number of rotatable bonds is 2. The fourth-order valence-electron chi connectivity index (χ4n) is 4.72. The minimum atomic E-state index is -4.54. The molecule has 0 saturated heterocycles. The predicted molar refractivity (Wildman–Crippen MR) is 126 cm³/mol. The molecule has 8 heteroatoms. The van der Waals surface area contributed by atoms with E-state index in [1.807, 2.05) is 25.2 Å². The third-order valence-corrected chi connectivity index (χ3v) is 6.26. The van der Waals surface area contributed by atoms with Crippen molar-refractivity contribution in [3.8, 4) is 16.8 Å². The van der Waals surface area contributed by atoms with Gasteiger partial charge in [-0.05, 0) is 54.4 Å². The summed E-state index contributed by atoms with van der Waals surface area (Å²) in [6, 6.07) is 14.1. The van der Waals surface area contributed by atoms with Crippen LogP contribution in [-0.2, 0) is 26.1 Å². The lowest BCUT2D eigenvalue weighted by Crippen LogP contribution is -2.20. The van der Waals surface area contributed by atoms with E-state index < -0.39 is 17.3 Å². The lowest BCUT2D eigenvalue weighted by molar-refractivity contribution is -0.137. The summed E-state index contributed by atoms with van der Waals surface area (Å²) in [5.74, 6) is 0. The van der Waals surface area contributed by atoms with Gasteiger partial charge >= 0.3 is 6.18 Å². The van der Waals surface area contributed by atoms with Crippen LogP contribution < -0.4 is 10.9 Å². The van der Waals surface area contributed by atoms with Crippen LogP contribution in [-0.4, -0.2) is 22.2 Å². The first kappa shape index (κ1) is 23.1. The zero-order chi connectivity index (χ0) is 22.5. The molecule has 172 valence electrons. The van der Waals surface area contributed by atoms with Gasteiger partial charge in [-0.25, -0.2) is 0 Å². The molecular weight excluding hydrogens is 451 g/mol. The summed E-state index contributed by atoms with van der Waals surface area (Å²) in [6.45, 7) is 1.85. The standard InChI is InChI=1S/C25H22F3N3O.ClH/c1-30-22-11-13-29-12-10-19(22)18-9-8-16(15-23(18)30)31-14-4-6-20(24(31)32)17-5-2-3-7-21(17)25(26,27)28;/h2-9,14-15,29H,10-13H2,1H3;1H. The number of halogens is 4. The maximum atomic E-state index is 13.5. The summed E-state index contributed by atoms with van der Waals surface area (Å²) in [6.07, 6.45) is -1.07. The van der Waals surface area contributed by atoms with Crippen LogP contribution in [0, 0.1) is 0 Å². The largest absolute Gasteiger partial charge is 0.417 e. The molecule has 0 fully saturated rings. The van der Waals surface area contributed by atoms with Gasteiger partial charge in [0.15, 0.2) is 0 Å². The summed E-state index contributed by atoms with van der Waals surface area (Å²) >= 11 is 0. The van der Waals surface area contributed by atoms with Crippen LogP contribution >= 0.6 is 12.4 Å². The molecule has 3 heterocycles. The molecule has 5 rings (SSSR count). The Morgan fingerprint density at radius 1 is 0.939 bits per heavy atom. The Hall–Kier alpha value is -3.03. The number of nitrogens with zero attached hydrogens (tertiary/aromatic N) is 2. The van der Waals surface area contributed by atoms with Gasteiger partial charge in [0.1, 0.15) is 0 Å². The summed E-state index contributed by atoms with van der Waals surface area (Å²) in [7, 11) is 2.02. The lowest BCUT2D eigenvalue weighted by atomic mass is 10.0. The molecule has 4 nitrogen and oxygen atoms in total. The minimum Gasteiger partial charge on any atom is -0.347 e. The van der Waals surface area contributed by atoms with Gasteiger partial charge in [0.05, 0.1) is 16.8 Å². The molecule has 0 radical (unpaired) electrons. The van der Waals surface area contributed by atoms with Gasteiger partial charge in [0.25, 0.3) is 5.56 Å². The molecule has 0 aliphatic carbocycles. The van der Waals surface area contributed by atoms with Crippen molar-refractivity contribution in [1.82, 2.24) is 14.5 Å². The van der Waals surface area contributed by atoms with E-state index >= 15 is 0 Å². The van der Waals surface area contributed by atoms with E-state index in [0.29, 0.717) is 5.69 Å². The Labute approximate surface area is 195 Å². The molecule has 0 saturated carbocycles. The molecule has 33 heavy (non-hydrogen) atoms. The average molecular weight is 474 g/mol.